The maximum atomic E-state index is 12.7. The lowest BCUT2D eigenvalue weighted by Gasteiger charge is -2.32. The SMILES string of the molecule is O=C(c1cnn(-c2nc3c(c(=O)[nH]2)COC3)c1)N1CCC(C(F)(F)F)CC1. The van der Waals surface area contributed by atoms with Gasteiger partial charge in [-0.25, -0.2) is 9.67 Å². The molecule has 8 nitrogen and oxygen atoms in total. The molecular weight excluding hydrogens is 367 g/mol. The molecule has 11 heteroatoms. The Morgan fingerprint density at radius 1 is 1.26 bits per heavy atom. The monoisotopic (exact) mass is 383 g/mol. The topological polar surface area (TPSA) is 93.1 Å². The number of carbonyl (C=O) groups is 1. The normalized spacial score (nSPS) is 18.0. The van der Waals surface area contributed by atoms with Gasteiger partial charge in [0, 0.05) is 19.3 Å². The van der Waals surface area contributed by atoms with E-state index in [9.17, 15) is 22.8 Å². The maximum Gasteiger partial charge on any atom is 0.391 e. The van der Waals surface area contributed by atoms with E-state index in [4.69, 9.17) is 4.74 Å². The molecule has 2 aliphatic heterocycles. The molecule has 1 amide bonds. The molecule has 4 heterocycles. The highest BCUT2D eigenvalue weighted by Crippen LogP contribution is 2.34. The van der Waals surface area contributed by atoms with Crippen molar-refractivity contribution in [3.05, 3.63) is 39.6 Å². The fourth-order valence-corrected chi connectivity index (χ4v) is 3.30. The third-order valence-corrected chi connectivity index (χ3v) is 4.87. The van der Waals surface area contributed by atoms with Crippen molar-refractivity contribution >= 4 is 5.91 Å². The Bertz CT molecular complexity index is 928. The summed E-state index contributed by atoms with van der Waals surface area (Å²) in [5, 5.41) is 4.04. The Morgan fingerprint density at radius 3 is 2.70 bits per heavy atom. The van der Waals surface area contributed by atoms with E-state index in [1.807, 2.05) is 0 Å². The minimum absolute atomic E-state index is 0.0411. The number of likely N-dealkylation sites (tertiary alicyclic amines) is 1. The summed E-state index contributed by atoms with van der Waals surface area (Å²) >= 11 is 0. The first-order valence-corrected chi connectivity index (χ1v) is 8.44. The lowest BCUT2D eigenvalue weighted by atomic mass is 9.96. The van der Waals surface area contributed by atoms with Crippen LogP contribution in [-0.2, 0) is 18.0 Å². The van der Waals surface area contributed by atoms with Gasteiger partial charge in [0.2, 0.25) is 5.95 Å². The molecule has 0 bridgehead atoms. The van der Waals surface area contributed by atoms with Crippen molar-refractivity contribution in [2.24, 2.45) is 5.92 Å². The highest BCUT2D eigenvalue weighted by atomic mass is 19.4. The molecule has 0 aliphatic carbocycles. The number of aromatic nitrogens is 4. The molecule has 2 aromatic heterocycles. The molecule has 27 heavy (non-hydrogen) atoms. The van der Waals surface area contributed by atoms with Crippen LogP contribution in [0.2, 0.25) is 0 Å². The standard InChI is InChI=1S/C16H16F3N5O3/c17-16(18,19)10-1-3-23(4-2-10)14(26)9-5-20-24(6-9)15-21-12-8-27-7-11(12)13(25)22-15/h5-6,10H,1-4,7-8H2,(H,21,22,25). The Kier molecular flexibility index (Phi) is 4.25. The number of amides is 1. The van der Waals surface area contributed by atoms with Crippen molar-refractivity contribution in [2.45, 2.75) is 32.2 Å². The highest BCUT2D eigenvalue weighted by Gasteiger charge is 2.41. The van der Waals surface area contributed by atoms with Crippen LogP contribution < -0.4 is 5.56 Å². The fraction of sp³-hybridized carbons (Fsp3) is 0.500. The smallest absolute Gasteiger partial charge is 0.370 e. The van der Waals surface area contributed by atoms with Gasteiger partial charge in [0.1, 0.15) is 0 Å². The third-order valence-electron chi connectivity index (χ3n) is 4.87. The van der Waals surface area contributed by atoms with E-state index in [0.29, 0.717) is 11.3 Å². The molecule has 1 N–H and O–H groups in total. The number of H-pyrrole nitrogens is 1. The Hall–Kier alpha value is -2.69. The van der Waals surface area contributed by atoms with Crippen LogP contribution in [0.5, 0.6) is 0 Å². The van der Waals surface area contributed by atoms with Gasteiger partial charge in [-0.2, -0.15) is 18.3 Å². The summed E-state index contributed by atoms with van der Waals surface area (Å²) in [6.45, 7) is 0.515. The van der Waals surface area contributed by atoms with Gasteiger partial charge >= 0.3 is 6.18 Å². The van der Waals surface area contributed by atoms with E-state index in [1.54, 1.807) is 0 Å². The Labute approximate surface area is 151 Å². The first-order valence-electron chi connectivity index (χ1n) is 8.44. The van der Waals surface area contributed by atoms with E-state index < -0.39 is 18.0 Å². The number of alkyl halides is 3. The summed E-state index contributed by atoms with van der Waals surface area (Å²) in [6, 6.07) is 0. The summed E-state index contributed by atoms with van der Waals surface area (Å²) in [7, 11) is 0. The number of nitrogens with zero attached hydrogens (tertiary/aromatic N) is 4. The van der Waals surface area contributed by atoms with Crippen LogP contribution in [0.3, 0.4) is 0 Å². The predicted octanol–water partition coefficient (Wildman–Crippen LogP) is 1.40. The molecule has 144 valence electrons. The van der Waals surface area contributed by atoms with Crippen LogP contribution in [0, 0.1) is 5.92 Å². The average molecular weight is 383 g/mol. The summed E-state index contributed by atoms with van der Waals surface area (Å²) in [5.74, 6) is -1.61. The highest BCUT2D eigenvalue weighted by molar-refractivity contribution is 5.93. The first kappa shape index (κ1) is 17.7. The molecule has 1 fully saturated rings. The Balaban J connectivity index is 1.49. The summed E-state index contributed by atoms with van der Waals surface area (Å²) in [4.78, 5) is 32.8. The van der Waals surface area contributed by atoms with Gasteiger partial charge in [-0.15, -0.1) is 0 Å². The molecule has 0 saturated carbocycles. The van der Waals surface area contributed by atoms with E-state index in [2.05, 4.69) is 15.1 Å². The minimum Gasteiger partial charge on any atom is -0.370 e. The Morgan fingerprint density at radius 2 is 2.00 bits per heavy atom. The maximum absolute atomic E-state index is 12.7. The van der Waals surface area contributed by atoms with Gasteiger partial charge in [-0.3, -0.25) is 14.6 Å². The van der Waals surface area contributed by atoms with Crippen LogP contribution in [-0.4, -0.2) is 49.8 Å². The lowest BCUT2D eigenvalue weighted by Crippen LogP contribution is -2.42. The first-order chi connectivity index (χ1) is 12.8. The summed E-state index contributed by atoms with van der Waals surface area (Å²) in [6.07, 6.45) is -1.73. The largest absolute Gasteiger partial charge is 0.391 e. The van der Waals surface area contributed by atoms with E-state index in [0.717, 1.165) is 0 Å². The van der Waals surface area contributed by atoms with Crippen molar-refractivity contribution in [2.75, 3.05) is 13.1 Å². The fourth-order valence-electron chi connectivity index (χ4n) is 3.30. The van der Waals surface area contributed by atoms with Crippen molar-refractivity contribution in [3.8, 4) is 5.95 Å². The van der Waals surface area contributed by atoms with E-state index in [1.165, 1.54) is 22.0 Å². The van der Waals surface area contributed by atoms with Gasteiger partial charge in [0.15, 0.2) is 0 Å². The lowest BCUT2D eigenvalue weighted by molar-refractivity contribution is -0.183. The van der Waals surface area contributed by atoms with Crippen LogP contribution in [0.25, 0.3) is 5.95 Å². The van der Waals surface area contributed by atoms with Crippen LogP contribution in [0.4, 0.5) is 13.2 Å². The number of piperidine rings is 1. The zero-order valence-electron chi connectivity index (χ0n) is 14.1. The number of hydrogen-bond donors (Lipinski definition) is 1. The number of ether oxygens (including phenoxy) is 1. The molecule has 2 aliphatic rings. The molecule has 0 unspecified atom stereocenters. The van der Waals surface area contributed by atoms with Gasteiger partial charge < -0.3 is 9.64 Å². The molecule has 2 aromatic rings. The second-order valence-corrected chi connectivity index (χ2v) is 6.59. The zero-order chi connectivity index (χ0) is 19.2. The van der Waals surface area contributed by atoms with Gasteiger partial charge in [-0.1, -0.05) is 0 Å². The van der Waals surface area contributed by atoms with E-state index in [-0.39, 0.29) is 56.2 Å². The second-order valence-electron chi connectivity index (χ2n) is 6.59. The molecular formula is C16H16F3N5O3. The van der Waals surface area contributed by atoms with Crippen LogP contribution in [0.15, 0.2) is 17.2 Å². The average Bonchev–Trinajstić information content (AvgIpc) is 3.30. The summed E-state index contributed by atoms with van der Waals surface area (Å²) < 4.78 is 44.7. The van der Waals surface area contributed by atoms with Gasteiger partial charge in [0.05, 0.1) is 42.1 Å². The van der Waals surface area contributed by atoms with Crippen LogP contribution in [0.1, 0.15) is 34.5 Å². The quantitative estimate of drug-likeness (QED) is 0.846. The number of aromatic amines is 1. The molecule has 1 saturated heterocycles. The second kappa shape index (κ2) is 6.48. The number of fused-ring (bicyclic) bond motifs is 1. The van der Waals surface area contributed by atoms with Gasteiger partial charge in [0.25, 0.3) is 11.5 Å². The van der Waals surface area contributed by atoms with Crippen molar-refractivity contribution < 1.29 is 22.7 Å². The predicted molar refractivity (Wildman–Crippen MR) is 85.2 cm³/mol. The molecule has 4 rings (SSSR count). The number of rotatable bonds is 2. The minimum atomic E-state index is -4.23. The molecule has 0 aromatic carbocycles. The zero-order valence-corrected chi connectivity index (χ0v) is 14.1. The molecule has 0 atom stereocenters. The number of hydrogen-bond acceptors (Lipinski definition) is 5. The number of carbonyl (C=O) groups excluding carboxylic acids is 1. The van der Waals surface area contributed by atoms with Crippen molar-refractivity contribution in [3.63, 3.8) is 0 Å². The van der Waals surface area contributed by atoms with Gasteiger partial charge in [-0.05, 0) is 12.8 Å². The van der Waals surface area contributed by atoms with Crippen molar-refractivity contribution in [1.82, 2.24) is 24.6 Å². The molecule has 0 spiro atoms. The van der Waals surface area contributed by atoms with E-state index >= 15 is 0 Å². The number of nitrogens with one attached hydrogen (secondary N) is 1. The summed E-state index contributed by atoms with van der Waals surface area (Å²) in [5.41, 5.74) is 0.881. The third kappa shape index (κ3) is 3.34. The number of halogens is 3. The van der Waals surface area contributed by atoms with Crippen LogP contribution >= 0.6 is 0 Å². The molecule has 0 radical (unpaired) electrons. The van der Waals surface area contributed by atoms with Crippen molar-refractivity contribution in [1.29, 1.82) is 0 Å².